The Morgan fingerprint density at radius 3 is 2.32 bits per heavy atom. The van der Waals surface area contributed by atoms with Crippen LogP contribution in [0.4, 0.5) is 0 Å². The van der Waals surface area contributed by atoms with Gasteiger partial charge in [-0.05, 0) is 60.0 Å². The molecular weight excluding hydrogens is 380 g/mol. The van der Waals surface area contributed by atoms with E-state index in [2.05, 4.69) is 34.5 Å². The fourth-order valence-electron chi connectivity index (χ4n) is 5.00. The molecular formula is C28H36N2O. The molecule has 31 heavy (non-hydrogen) atoms. The molecule has 0 unspecified atom stereocenters. The van der Waals surface area contributed by atoms with E-state index >= 15 is 0 Å². The van der Waals surface area contributed by atoms with Crippen LogP contribution in [0.25, 0.3) is 10.8 Å². The summed E-state index contributed by atoms with van der Waals surface area (Å²) in [6, 6.07) is 22.7. The van der Waals surface area contributed by atoms with E-state index < -0.39 is 0 Å². The Balaban J connectivity index is 0.000000171. The van der Waals surface area contributed by atoms with Crippen LogP contribution in [0.2, 0.25) is 0 Å². The van der Waals surface area contributed by atoms with Gasteiger partial charge in [-0.25, -0.2) is 0 Å². The highest BCUT2D eigenvalue weighted by Crippen LogP contribution is 2.45. The van der Waals surface area contributed by atoms with E-state index in [1.54, 1.807) is 11.1 Å². The summed E-state index contributed by atoms with van der Waals surface area (Å²) in [5.41, 5.74) is 4.53. The molecule has 3 nitrogen and oxygen atoms in total. The molecule has 1 heterocycles. The van der Waals surface area contributed by atoms with Gasteiger partial charge in [0.05, 0.1) is 0 Å². The maximum absolute atomic E-state index is 10.6. The second-order valence-electron chi connectivity index (χ2n) is 8.25. The Hall–Kier alpha value is -2.49. The van der Waals surface area contributed by atoms with Crippen LogP contribution in [0.3, 0.4) is 0 Å². The van der Waals surface area contributed by atoms with Crippen LogP contribution < -0.4 is 5.32 Å². The minimum atomic E-state index is 0.515. The van der Waals surface area contributed by atoms with E-state index in [9.17, 15) is 4.79 Å². The first-order valence-corrected chi connectivity index (χ1v) is 11.6. The van der Waals surface area contributed by atoms with Gasteiger partial charge in [0.2, 0.25) is 0 Å². The molecule has 3 aromatic carbocycles. The Kier molecular flexibility index (Phi) is 8.39. The Bertz CT molecular complexity index is 968. The average Bonchev–Trinajstić information content (AvgIpc) is 3.20. The van der Waals surface area contributed by atoms with Crippen molar-refractivity contribution in [3.05, 3.63) is 83.4 Å². The van der Waals surface area contributed by atoms with Crippen LogP contribution in [0.1, 0.15) is 54.6 Å². The van der Waals surface area contributed by atoms with Crippen LogP contribution in [-0.4, -0.2) is 38.0 Å². The van der Waals surface area contributed by atoms with Gasteiger partial charge in [-0.2, -0.15) is 0 Å². The van der Waals surface area contributed by atoms with Crippen molar-refractivity contribution in [2.24, 2.45) is 0 Å². The second kappa shape index (κ2) is 11.2. The highest BCUT2D eigenvalue weighted by molar-refractivity contribution is 5.97. The third kappa shape index (κ3) is 5.23. The predicted molar refractivity (Wildman–Crippen MR) is 132 cm³/mol. The number of carbonyl (C=O) groups is 1. The number of aldehydes is 1. The lowest BCUT2D eigenvalue weighted by molar-refractivity contribution is 0.112. The first-order valence-electron chi connectivity index (χ1n) is 11.6. The minimum Gasteiger partial charge on any atom is -0.307 e. The third-order valence-corrected chi connectivity index (χ3v) is 6.61. The number of nitrogens with zero attached hydrogens (tertiary/aromatic N) is 1. The number of aryl methyl sites for hydroxylation is 1. The monoisotopic (exact) mass is 416 g/mol. The summed E-state index contributed by atoms with van der Waals surface area (Å²) in [5.74, 6) is 0. The van der Waals surface area contributed by atoms with Gasteiger partial charge in [0.25, 0.3) is 0 Å². The number of nitrogens with one attached hydrogen (secondary N) is 1. The second-order valence-corrected chi connectivity index (χ2v) is 8.25. The van der Waals surface area contributed by atoms with Crippen LogP contribution in [0.15, 0.2) is 66.7 Å². The van der Waals surface area contributed by atoms with Gasteiger partial charge in [-0.3, -0.25) is 9.69 Å². The van der Waals surface area contributed by atoms with E-state index in [1.807, 2.05) is 63.4 Å². The van der Waals surface area contributed by atoms with Crippen LogP contribution in [0.5, 0.6) is 0 Å². The van der Waals surface area contributed by atoms with Gasteiger partial charge in [-0.15, -0.1) is 0 Å². The van der Waals surface area contributed by atoms with Gasteiger partial charge >= 0.3 is 0 Å². The van der Waals surface area contributed by atoms with Crippen molar-refractivity contribution in [3.63, 3.8) is 0 Å². The lowest BCUT2D eigenvalue weighted by Gasteiger charge is -2.40. The van der Waals surface area contributed by atoms with Crippen molar-refractivity contribution in [1.29, 1.82) is 0 Å². The minimum absolute atomic E-state index is 0.515. The molecule has 1 fully saturated rings. The number of hydrogen-bond acceptors (Lipinski definition) is 3. The molecule has 3 heteroatoms. The lowest BCUT2D eigenvalue weighted by atomic mass is 9.74. The van der Waals surface area contributed by atoms with Crippen molar-refractivity contribution < 1.29 is 4.79 Å². The van der Waals surface area contributed by atoms with Crippen molar-refractivity contribution in [3.8, 4) is 0 Å². The zero-order valence-electron chi connectivity index (χ0n) is 19.2. The fraction of sp³-hybridized carbons (Fsp3) is 0.393. The average molecular weight is 417 g/mol. The summed E-state index contributed by atoms with van der Waals surface area (Å²) in [7, 11) is 2.04. The van der Waals surface area contributed by atoms with E-state index in [1.165, 1.54) is 38.8 Å². The van der Waals surface area contributed by atoms with Crippen molar-refractivity contribution >= 4 is 17.1 Å². The van der Waals surface area contributed by atoms with Gasteiger partial charge < -0.3 is 5.32 Å². The smallest absolute Gasteiger partial charge is 0.150 e. The molecule has 1 saturated heterocycles. The van der Waals surface area contributed by atoms with Gasteiger partial charge in [-0.1, -0.05) is 80.6 Å². The zero-order chi connectivity index (χ0) is 22.1. The normalized spacial score (nSPS) is 16.6. The summed E-state index contributed by atoms with van der Waals surface area (Å²) >= 11 is 0. The molecule has 164 valence electrons. The summed E-state index contributed by atoms with van der Waals surface area (Å²) in [4.78, 5) is 13.2. The molecule has 1 aliphatic heterocycles. The summed E-state index contributed by atoms with van der Waals surface area (Å²) in [5, 5.41) is 5.40. The maximum Gasteiger partial charge on any atom is 0.150 e. The standard InChI is InChI=1S/C15H22N2.C11H8O.C2H6/c1-16-12-17-10-8-15(9-11-17)7-6-13-4-2-3-5-14(13)15;12-8-10-6-3-5-9-4-1-2-7-11(9)10;1-2/h2-5,16H,6-12H2,1H3;1-8H;1-2H3. The van der Waals surface area contributed by atoms with Gasteiger partial charge in [0.15, 0.2) is 6.29 Å². The van der Waals surface area contributed by atoms with Crippen molar-refractivity contribution in [2.75, 3.05) is 26.8 Å². The predicted octanol–water partition coefficient (Wildman–Crippen LogP) is 5.82. The topological polar surface area (TPSA) is 32.3 Å². The Morgan fingerprint density at radius 2 is 1.58 bits per heavy atom. The van der Waals surface area contributed by atoms with E-state index in [4.69, 9.17) is 0 Å². The maximum atomic E-state index is 10.6. The molecule has 2 aliphatic rings. The number of hydrogen-bond donors (Lipinski definition) is 1. The summed E-state index contributed by atoms with van der Waals surface area (Å²) in [6.07, 6.45) is 6.24. The number of likely N-dealkylation sites (tertiary alicyclic amines) is 1. The number of carbonyl (C=O) groups excluding carboxylic acids is 1. The first kappa shape index (κ1) is 23.2. The SMILES string of the molecule is CC.CNCN1CCC2(CCc3ccccc32)CC1.O=Cc1cccc2ccccc12. The molecule has 0 radical (unpaired) electrons. The summed E-state index contributed by atoms with van der Waals surface area (Å²) < 4.78 is 0. The van der Waals surface area contributed by atoms with Crippen LogP contribution in [0, 0.1) is 0 Å². The first-order chi connectivity index (χ1) is 15.3. The molecule has 0 amide bonds. The Morgan fingerprint density at radius 1 is 0.903 bits per heavy atom. The molecule has 0 aromatic heterocycles. The highest BCUT2D eigenvalue weighted by atomic mass is 16.1. The van der Waals surface area contributed by atoms with E-state index in [0.717, 1.165) is 29.3 Å². The number of fused-ring (bicyclic) bond motifs is 3. The lowest BCUT2D eigenvalue weighted by Crippen LogP contribution is -2.44. The molecule has 5 rings (SSSR count). The number of rotatable bonds is 3. The third-order valence-electron chi connectivity index (χ3n) is 6.61. The van der Waals surface area contributed by atoms with E-state index in [0.29, 0.717) is 5.41 Å². The van der Waals surface area contributed by atoms with E-state index in [-0.39, 0.29) is 0 Å². The van der Waals surface area contributed by atoms with Gasteiger partial charge in [0, 0.05) is 25.3 Å². The number of benzene rings is 3. The molecule has 0 bridgehead atoms. The van der Waals surface area contributed by atoms with Gasteiger partial charge in [0.1, 0.15) is 0 Å². The largest absolute Gasteiger partial charge is 0.307 e. The quantitative estimate of drug-likeness (QED) is 0.546. The molecule has 1 spiro atoms. The molecule has 3 aromatic rings. The molecule has 0 saturated carbocycles. The zero-order valence-corrected chi connectivity index (χ0v) is 19.2. The Labute approximate surface area is 187 Å². The molecule has 1 aliphatic carbocycles. The van der Waals surface area contributed by atoms with Crippen LogP contribution >= 0.6 is 0 Å². The van der Waals surface area contributed by atoms with Crippen LogP contribution in [-0.2, 0) is 11.8 Å². The molecule has 0 atom stereocenters. The summed E-state index contributed by atoms with van der Waals surface area (Å²) in [6.45, 7) is 7.53. The fourth-order valence-corrected chi connectivity index (χ4v) is 5.00. The molecule has 1 N–H and O–H groups in total. The van der Waals surface area contributed by atoms with Crippen molar-refractivity contribution in [2.45, 2.75) is 44.9 Å². The number of piperidine rings is 1. The highest BCUT2D eigenvalue weighted by Gasteiger charge is 2.40. The van der Waals surface area contributed by atoms with Crippen molar-refractivity contribution in [1.82, 2.24) is 10.2 Å².